The number of nitrogens with one attached hydrogen (secondary N) is 2. The van der Waals surface area contributed by atoms with Crippen LogP contribution in [-0.2, 0) is 27.8 Å². The van der Waals surface area contributed by atoms with E-state index in [2.05, 4.69) is 17.0 Å². The molecule has 0 aliphatic carbocycles. The maximum absolute atomic E-state index is 12.5. The van der Waals surface area contributed by atoms with Crippen LogP contribution in [0.4, 0.5) is 0 Å². The van der Waals surface area contributed by atoms with Gasteiger partial charge >= 0.3 is 0 Å². The number of aromatic nitrogens is 1. The first-order valence-corrected chi connectivity index (χ1v) is 8.94. The average Bonchev–Trinajstić information content (AvgIpc) is 2.99. The molecular formula is C14H25N3O3S. The quantitative estimate of drug-likeness (QED) is 0.789. The van der Waals surface area contributed by atoms with Crippen molar-refractivity contribution in [2.24, 2.45) is 0 Å². The second-order valence-corrected chi connectivity index (χ2v) is 7.20. The monoisotopic (exact) mass is 315 g/mol. The SMILES string of the molecule is CCCn1cc(S(=O)(=O)NC2CCOC2C)cc1CNC. The van der Waals surface area contributed by atoms with E-state index < -0.39 is 10.0 Å². The predicted molar refractivity (Wildman–Crippen MR) is 81.6 cm³/mol. The summed E-state index contributed by atoms with van der Waals surface area (Å²) in [6.07, 6.45) is 3.33. The number of sulfonamides is 1. The molecule has 21 heavy (non-hydrogen) atoms. The molecule has 120 valence electrons. The topological polar surface area (TPSA) is 72.4 Å². The lowest BCUT2D eigenvalue weighted by Gasteiger charge is -2.15. The minimum atomic E-state index is -3.49. The van der Waals surface area contributed by atoms with E-state index in [-0.39, 0.29) is 12.1 Å². The highest BCUT2D eigenvalue weighted by molar-refractivity contribution is 7.89. The van der Waals surface area contributed by atoms with Crippen molar-refractivity contribution in [1.29, 1.82) is 0 Å². The van der Waals surface area contributed by atoms with Crippen molar-refractivity contribution in [3.63, 3.8) is 0 Å². The van der Waals surface area contributed by atoms with E-state index in [1.165, 1.54) is 0 Å². The minimum absolute atomic E-state index is 0.0747. The number of rotatable bonds is 7. The molecule has 0 spiro atoms. The van der Waals surface area contributed by atoms with Gasteiger partial charge < -0.3 is 14.6 Å². The molecule has 0 amide bonds. The molecule has 0 saturated carbocycles. The number of ether oxygens (including phenoxy) is 1. The summed E-state index contributed by atoms with van der Waals surface area (Å²) in [7, 11) is -1.64. The standard InChI is InChI=1S/C14H25N3O3S/c1-4-6-17-10-13(8-12(17)9-15-3)21(18,19)16-14-5-7-20-11(14)2/h8,10-11,14-16H,4-7,9H2,1-3H3. The van der Waals surface area contributed by atoms with Crippen molar-refractivity contribution < 1.29 is 13.2 Å². The van der Waals surface area contributed by atoms with Crippen LogP contribution < -0.4 is 10.0 Å². The van der Waals surface area contributed by atoms with Gasteiger partial charge in [0, 0.05) is 31.6 Å². The van der Waals surface area contributed by atoms with E-state index in [9.17, 15) is 8.42 Å². The largest absolute Gasteiger partial charge is 0.377 e. The first kappa shape index (κ1) is 16.5. The Hall–Kier alpha value is -0.890. The first-order valence-electron chi connectivity index (χ1n) is 7.45. The molecule has 1 saturated heterocycles. The highest BCUT2D eigenvalue weighted by atomic mass is 32.2. The molecule has 2 rings (SSSR count). The fourth-order valence-electron chi connectivity index (χ4n) is 2.60. The van der Waals surface area contributed by atoms with Crippen LogP contribution in [0.1, 0.15) is 32.4 Å². The molecule has 1 aromatic rings. The summed E-state index contributed by atoms with van der Waals surface area (Å²) in [6, 6.07) is 1.60. The molecule has 1 aliphatic rings. The summed E-state index contributed by atoms with van der Waals surface area (Å²) in [5, 5.41) is 3.07. The Morgan fingerprint density at radius 3 is 2.81 bits per heavy atom. The smallest absolute Gasteiger partial charge is 0.242 e. The van der Waals surface area contributed by atoms with E-state index in [4.69, 9.17) is 4.74 Å². The Kier molecular flexibility index (Phi) is 5.43. The molecule has 6 nitrogen and oxygen atoms in total. The third kappa shape index (κ3) is 3.85. The maximum Gasteiger partial charge on any atom is 0.242 e. The lowest BCUT2D eigenvalue weighted by molar-refractivity contribution is 0.117. The molecule has 2 atom stereocenters. The molecule has 0 aromatic carbocycles. The zero-order chi connectivity index (χ0) is 15.5. The molecule has 1 aromatic heterocycles. The number of aryl methyl sites for hydroxylation is 1. The van der Waals surface area contributed by atoms with E-state index in [1.54, 1.807) is 12.3 Å². The van der Waals surface area contributed by atoms with Crippen LogP contribution in [0, 0.1) is 0 Å². The van der Waals surface area contributed by atoms with Gasteiger partial charge in [-0.2, -0.15) is 0 Å². The summed E-state index contributed by atoms with van der Waals surface area (Å²) in [5.74, 6) is 0. The van der Waals surface area contributed by atoms with Crippen LogP contribution in [0.25, 0.3) is 0 Å². The molecule has 1 fully saturated rings. The van der Waals surface area contributed by atoms with Gasteiger partial charge in [-0.15, -0.1) is 0 Å². The summed E-state index contributed by atoms with van der Waals surface area (Å²) in [6.45, 7) is 6.05. The third-order valence-electron chi connectivity index (χ3n) is 3.78. The Morgan fingerprint density at radius 1 is 1.48 bits per heavy atom. The minimum Gasteiger partial charge on any atom is -0.377 e. The van der Waals surface area contributed by atoms with Crippen LogP contribution in [0.2, 0.25) is 0 Å². The fourth-order valence-corrected chi connectivity index (χ4v) is 4.01. The van der Waals surface area contributed by atoms with Gasteiger partial charge in [0.1, 0.15) is 0 Å². The predicted octanol–water partition coefficient (Wildman–Crippen LogP) is 1.07. The van der Waals surface area contributed by atoms with E-state index in [0.717, 1.165) is 25.1 Å². The first-order chi connectivity index (χ1) is 9.97. The summed E-state index contributed by atoms with van der Waals surface area (Å²) in [5.41, 5.74) is 0.982. The van der Waals surface area contributed by atoms with E-state index >= 15 is 0 Å². The lowest BCUT2D eigenvalue weighted by Crippen LogP contribution is -2.38. The van der Waals surface area contributed by atoms with Gasteiger partial charge in [-0.3, -0.25) is 0 Å². The second kappa shape index (κ2) is 6.91. The van der Waals surface area contributed by atoms with Crippen molar-refractivity contribution >= 4 is 10.0 Å². The van der Waals surface area contributed by atoms with E-state index in [1.807, 2.05) is 18.5 Å². The molecule has 0 bridgehead atoms. The maximum atomic E-state index is 12.5. The molecule has 2 unspecified atom stereocenters. The highest BCUT2D eigenvalue weighted by Gasteiger charge is 2.30. The second-order valence-electron chi connectivity index (χ2n) is 5.48. The molecular weight excluding hydrogens is 290 g/mol. The van der Waals surface area contributed by atoms with Gasteiger partial charge in [-0.25, -0.2) is 13.1 Å². The Balaban J connectivity index is 2.20. The zero-order valence-electron chi connectivity index (χ0n) is 12.9. The lowest BCUT2D eigenvalue weighted by atomic mass is 10.2. The van der Waals surface area contributed by atoms with Crippen molar-refractivity contribution in [3.8, 4) is 0 Å². The molecule has 1 aliphatic heterocycles. The van der Waals surface area contributed by atoms with Crippen molar-refractivity contribution in [3.05, 3.63) is 18.0 Å². The Bertz CT molecular complexity index is 545. The van der Waals surface area contributed by atoms with Crippen molar-refractivity contribution in [2.45, 2.75) is 56.8 Å². The van der Waals surface area contributed by atoms with Gasteiger partial charge in [-0.05, 0) is 32.9 Å². The van der Waals surface area contributed by atoms with Crippen LogP contribution in [0.5, 0.6) is 0 Å². The van der Waals surface area contributed by atoms with Crippen LogP contribution in [0.3, 0.4) is 0 Å². The van der Waals surface area contributed by atoms with Gasteiger partial charge in [-0.1, -0.05) is 6.92 Å². The summed E-state index contributed by atoms with van der Waals surface area (Å²) < 4.78 is 35.2. The molecule has 2 N–H and O–H groups in total. The summed E-state index contributed by atoms with van der Waals surface area (Å²) >= 11 is 0. The van der Waals surface area contributed by atoms with Gasteiger partial charge in [0.2, 0.25) is 10.0 Å². The molecule has 0 radical (unpaired) electrons. The van der Waals surface area contributed by atoms with Crippen molar-refractivity contribution in [1.82, 2.24) is 14.6 Å². The van der Waals surface area contributed by atoms with Gasteiger partial charge in [0.15, 0.2) is 0 Å². The highest BCUT2D eigenvalue weighted by Crippen LogP contribution is 2.19. The van der Waals surface area contributed by atoms with E-state index in [0.29, 0.717) is 18.0 Å². The normalized spacial score (nSPS) is 22.8. The van der Waals surface area contributed by atoms with Gasteiger partial charge in [0.05, 0.1) is 17.0 Å². The van der Waals surface area contributed by atoms with Crippen LogP contribution >= 0.6 is 0 Å². The summed E-state index contributed by atoms with van der Waals surface area (Å²) in [4.78, 5) is 0.334. The third-order valence-corrected chi connectivity index (χ3v) is 5.23. The number of nitrogens with zero attached hydrogens (tertiary/aromatic N) is 1. The molecule has 7 heteroatoms. The van der Waals surface area contributed by atoms with Gasteiger partial charge in [0.25, 0.3) is 0 Å². The Labute approximate surface area is 126 Å². The zero-order valence-corrected chi connectivity index (χ0v) is 13.7. The van der Waals surface area contributed by atoms with Crippen LogP contribution in [-0.4, -0.2) is 38.8 Å². The molecule has 2 heterocycles. The Morgan fingerprint density at radius 2 is 2.24 bits per heavy atom. The van der Waals surface area contributed by atoms with Crippen molar-refractivity contribution in [2.75, 3.05) is 13.7 Å². The number of hydrogen-bond acceptors (Lipinski definition) is 4. The fraction of sp³-hybridized carbons (Fsp3) is 0.714. The number of hydrogen-bond donors (Lipinski definition) is 2. The van der Waals surface area contributed by atoms with Crippen LogP contribution in [0.15, 0.2) is 17.2 Å². The average molecular weight is 315 g/mol.